The van der Waals surface area contributed by atoms with Crippen LogP contribution >= 0.6 is 0 Å². The SMILES string of the molecule is C[C@@H](c1ccccc1)N1C[C@H](C(=O)OCC(=O)Nc2ccc3c(c2)OCO3)CC1=O. The van der Waals surface area contributed by atoms with Gasteiger partial charge in [-0.25, -0.2) is 0 Å². The molecule has 2 aliphatic rings. The molecule has 8 heteroatoms. The lowest BCUT2D eigenvalue weighted by atomic mass is 10.1. The summed E-state index contributed by atoms with van der Waals surface area (Å²) in [4.78, 5) is 38.6. The number of carbonyl (C=O) groups is 3. The average molecular weight is 410 g/mol. The summed E-state index contributed by atoms with van der Waals surface area (Å²) in [5.41, 5.74) is 1.52. The first-order valence-corrected chi connectivity index (χ1v) is 9.72. The molecule has 156 valence electrons. The first-order chi connectivity index (χ1) is 14.5. The van der Waals surface area contributed by atoms with Crippen molar-refractivity contribution in [3.8, 4) is 11.5 Å². The van der Waals surface area contributed by atoms with E-state index in [0.29, 0.717) is 17.2 Å². The second-order valence-electron chi connectivity index (χ2n) is 7.26. The van der Waals surface area contributed by atoms with Gasteiger partial charge in [0, 0.05) is 24.7 Å². The van der Waals surface area contributed by atoms with E-state index in [2.05, 4.69) is 5.32 Å². The number of esters is 1. The van der Waals surface area contributed by atoms with E-state index >= 15 is 0 Å². The van der Waals surface area contributed by atoms with Crippen LogP contribution in [0.2, 0.25) is 0 Å². The van der Waals surface area contributed by atoms with Crippen molar-refractivity contribution in [3.63, 3.8) is 0 Å². The molecule has 1 N–H and O–H groups in total. The maximum Gasteiger partial charge on any atom is 0.311 e. The van der Waals surface area contributed by atoms with Crippen molar-refractivity contribution in [1.82, 2.24) is 4.90 Å². The van der Waals surface area contributed by atoms with Crippen molar-refractivity contribution in [2.45, 2.75) is 19.4 Å². The van der Waals surface area contributed by atoms with Gasteiger partial charge in [-0.2, -0.15) is 0 Å². The van der Waals surface area contributed by atoms with Gasteiger partial charge in [0.25, 0.3) is 5.91 Å². The van der Waals surface area contributed by atoms with Crippen molar-refractivity contribution in [2.24, 2.45) is 5.92 Å². The first kappa shape index (κ1) is 19.8. The number of anilines is 1. The molecule has 2 atom stereocenters. The number of carbonyl (C=O) groups excluding carboxylic acids is 3. The highest BCUT2D eigenvalue weighted by Gasteiger charge is 2.38. The summed E-state index contributed by atoms with van der Waals surface area (Å²) < 4.78 is 15.6. The Balaban J connectivity index is 1.28. The third-order valence-electron chi connectivity index (χ3n) is 5.24. The molecule has 8 nitrogen and oxygen atoms in total. The molecule has 0 radical (unpaired) electrons. The van der Waals surface area contributed by atoms with E-state index in [1.54, 1.807) is 23.1 Å². The maximum absolute atomic E-state index is 12.4. The summed E-state index contributed by atoms with van der Waals surface area (Å²) in [6.45, 7) is 1.92. The van der Waals surface area contributed by atoms with Crippen molar-refractivity contribution in [1.29, 1.82) is 0 Å². The topological polar surface area (TPSA) is 94.2 Å². The van der Waals surface area contributed by atoms with Crippen molar-refractivity contribution in [2.75, 3.05) is 25.3 Å². The van der Waals surface area contributed by atoms with Crippen LogP contribution < -0.4 is 14.8 Å². The van der Waals surface area contributed by atoms with Gasteiger partial charge < -0.3 is 24.4 Å². The van der Waals surface area contributed by atoms with Crippen LogP contribution in [-0.4, -0.2) is 42.6 Å². The molecular weight excluding hydrogens is 388 g/mol. The molecule has 2 aromatic carbocycles. The van der Waals surface area contributed by atoms with Crippen LogP contribution in [0.4, 0.5) is 5.69 Å². The second kappa shape index (κ2) is 8.44. The van der Waals surface area contributed by atoms with E-state index in [0.717, 1.165) is 5.56 Å². The molecule has 1 fully saturated rings. The molecule has 2 aromatic rings. The molecule has 0 bridgehead atoms. The molecule has 1 saturated heterocycles. The molecular formula is C22H22N2O6. The fraction of sp³-hybridized carbons (Fsp3) is 0.318. The predicted molar refractivity (Wildman–Crippen MR) is 107 cm³/mol. The number of likely N-dealkylation sites (tertiary alicyclic amines) is 1. The Bertz CT molecular complexity index is 961. The molecule has 0 spiro atoms. The summed E-state index contributed by atoms with van der Waals surface area (Å²) in [6.07, 6.45) is 0.0831. The molecule has 2 amide bonds. The van der Waals surface area contributed by atoms with E-state index in [1.165, 1.54) is 0 Å². The van der Waals surface area contributed by atoms with Crippen molar-refractivity contribution < 1.29 is 28.6 Å². The lowest BCUT2D eigenvalue weighted by Crippen LogP contribution is -2.30. The number of hydrogen-bond acceptors (Lipinski definition) is 6. The van der Waals surface area contributed by atoms with Crippen LogP contribution in [0.15, 0.2) is 48.5 Å². The van der Waals surface area contributed by atoms with Gasteiger partial charge in [-0.1, -0.05) is 30.3 Å². The zero-order chi connectivity index (χ0) is 21.1. The Morgan fingerprint density at radius 2 is 1.93 bits per heavy atom. The van der Waals surface area contributed by atoms with Gasteiger partial charge in [0.1, 0.15) is 0 Å². The Morgan fingerprint density at radius 3 is 2.73 bits per heavy atom. The number of benzene rings is 2. The highest BCUT2D eigenvalue weighted by molar-refractivity contribution is 5.94. The number of hydrogen-bond donors (Lipinski definition) is 1. The molecule has 0 unspecified atom stereocenters. The highest BCUT2D eigenvalue weighted by atomic mass is 16.7. The zero-order valence-electron chi connectivity index (χ0n) is 16.5. The standard InChI is InChI=1S/C22H22N2O6/c1-14(15-5-3-2-4-6-15)24-11-16(9-21(24)26)22(27)28-12-20(25)23-17-7-8-18-19(10-17)30-13-29-18/h2-8,10,14,16H,9,11-13H2,1H3,(H,23,25)/t14-,16+/m0/s1. The Morgan fingerprint density at radius 1 is 1.17 bits per heavy atom. The summed E-state index contributed by atoms with van der Waals surface area (Å²) in [6, 6.07) is 14.5. The smallest absolute Gasteiger partial charge is 0.311 e. The molecule has 2 heterocycles. The monoisotopic (exact) mass is 410 g/mol. The van der Waals surface area contributed by atoms with Crippen LogP contribution in [-0.2, 0) is 19.1 Å². The summed E-state index contributed by atoms with van der Waals surface area (Å²) in [7, 11) is 0. The van der Waals surface area contributed by atoms with Gasteiger partial charge >= 0.3 is 5.97 Å². The van der Waals surface area contributed by atoms with Crippen LogP contribution in [0.5, 0.6) is 11.5 Å². The van der Waals surface area contributed by atoms with Gasteiger partial charge in [0.05, 0.1) is 12.0 Å². The van der Waals surface area contributed by atoms with Crippen LogP contribution in [0.25, 0.3) is 0 Å². The molecule has 0 aliphatic carbocycles. The average Bonchev–Trinajstić information content (AvgIpc) is 3.38. The van der Waals surface area contributed by atoms with Crippen molar-refractivity contribution >= 4 is 23.5 Å². The minimum Gasteiger partial charge on any atom is -0.455 e. The van der Waals surface area contributed by atoms with Gasteiger partial charge in [-0.05, 0) is 24.6 Å². The number of ether oxygens (including phenoxy) is 3. The third-order valence-corrected chi connectivity index (χ3v) is 5.24. The van der Waals surface area contributed by atoms with E-state index < -0.39 is 24.4 Å². The second-order valence-corrected chi connectivity index (χ2v) is 7.26. The van der Waals surface area contributed by atoms with Crippen LogP contribution in [0.3, 0.4) is 0 Å². The molecule has 2 aliphatic heterocycles. The predicted octanol–water partition coefficient (Wildman–Crippen LogP) is 2.51. The van der Waals surface area contributed by atoms with E-state index in [-0.39, 0.29) is 31.7 Å². The largest absolute Gasteiger partial charge is 0.455 e. The number of rotatable bonds is 6. The van der Waals surface area contributed by atoms with E-state index in [4.69, 9.17) is 14.2 Å². The van der Waals surface area contributed by atoms with Gasteiger partial charge in [-0.3, -0.25) is 14.4 Å². The number of amides is 2. The van der Waals surface area contributed by atoms with Gasteiger partial charge in [0.2, 0.25) is 12.7 Å². The van der Waals surface area contributed by atoms with Crippen molar-refractivity contribution in [3.05, 3.63) is 54.1 Å². The normalized spacial score (nSPS) is 18.2. The number of nitrogens with one attached hydrogen (secondary N) is 1. The molecule has 0 aromatic heterocycles. The van der Waals surface area contributed by atoms with Gasteiger partial charge in [-0.15, -0.1) is 0 Å². The lowest BCUT2D eigenvalue weighted by molar-refractivity contribution is -0.151. The zero-order valence-corrected chi connectivity index (χ0v) is 16.5. The summed E-state index contributed by atoms with van der Waals surface area (Å²) in [5, 5.41) is 2.65. The minimum atomic E-state index is -0.581. The summed E-state index contributed by atoms with van der Waals surface area (Å²) in [5.74, 6) is -0.547. The Hall–Kier alpha value is -3.55. The van der Waals surface area contributed by atoms with Crippen LogP contribution in [0.1, 0.15) is 24.9 Å². The van der Waals surface area contributed by atoms with Crippen LogP contribution in [0, 0.1) is 5.92 Å². The maximum atomic E-state index is 12.4. The quantitative estimate of drug-likeness (QED) is 0.736. The Labute approximate surface area is 173 Å². The number of nitrogens with zero attached hydrogens (tertiary/aromatic N) is 1. The molecule has 4 rings (SSSR count). The van der Waals surface area contributed by atoms with E-state index in [9.17, 15) is 14.4 Å². The fourth-order valence-electron chi connectivity index (χ4n) is 3.60. The molecule has 0 saturated carbocycles. The number of fused-ring (bicyclic) bond motifs is 1. The lowest BCUT2D eigenvalue weighted by Gasteiger charge is -2.25. The minimum absolute atomic E-state index is 0.0831. The molecule has 30 heavy (non-hydrogen) atoms. The Kier molecular flexibility index (Phi) is 5.56. The summed E-state index contributed by atoms with van der Waals surface area (Å²) >= 11 is 0. The third kappa shape index (κ3) is 4.22. The fourth-order valence-corrected chi connectivity index (χ4v) is 3.60. The van der Waals surface area contributed by atoms with Gasteiger partial charge in [0.15, 0.2) is 18.1 Å². The first-order valence-electron chi connectivity index (χ1n) is 9.72. The highest BCUT2D eigenvalue weighted by Crippen LogP contribution is 2.34. The van der Waals surface area contributed by atoms with E-state index in [1.807, 2.05) is 37.3 Å².